The molecular formula is C24H48. The first-order valence-corrected chi connectivity index (χ1v) is 11.5. The summed E-state index contributed by atoms with van der Waals surface area (Å²) in [7, 11) is 0. The highest BCUT2D eigenvalue weighted by Gasteiger charge is 2.07. The Bertz CT molecular complexity index is 230. The zero-order valence-corrected chi connectivity index (χ0v) is 17.5. The molecule has 0 N–H and O–H groups in total. The molecule has 0 aliphatic rings. The summed E-state index contributed by atoms with van der Waals surface area (Å²) in [6.45, 7) is 6.93. The first kappa shape index (κ1) is 23.7. The minimum atomic E-state index is 1.01. The lowest BCUT2D eigenvalue weighted by atomic mass is 9.90. The van der Waals surface area contributed by atoms with Crippen LogP contribution in [0.2, 0.25) is 0 Å². The summed E-state index contributed by atoms with van der Waals surface area (Å²) in [5.74, 6) is 1.01. The summed E-state index contributed by atoms with van der Waals surface area (Å²) in [6, 6.07) is 0. The van der Waals surface area contributed by atoms with Gasteiger partial charge in [0.05, 0.1) is 0 Å². The molecular weight excluding hydrogens is 288 g/mol. The maximum absolute atomic E-state index is 2.46. The van der Waals surface area contributed by atoms with Crippen molar-refractivity contribution in [3.05, 3.63) is 12.2 Å². The van der Waals surface area contributed by atoms with Gasteiger partial charge in [-0.15, -0.1) is 0 Å². The number of allylic oxidation sites excluding steroid dienone is 2. The van der Waals surface area contributed by atoms with Crippen LogP contribution in [0.25, 0.3) is 0 Å². The number of unbranched alkanes of at least 4 members (excludes halogenated alkanes) is 11. The molecule has 0 saturated carbocycles. The van der Waals surface area contributed by atoms with Gasteiger partial charge in [0, 0.05) is 0 Å². The number of hydrogen-bond acceptors (Lipinski definition) is 0. The van der Waals surface area contributed by atoms with Gasteiger partial charge in [0.15, 0.2) is 0 Å². The quantitative estimate of drug-likeness (QED) is 0.163. The zero-order chi connectivity index (χ0) is 17.7. The average molecular weight is 337 g/mol. The van der Waals surface area contributed by atoms with Gasteiger partial charge in [-0.2, -0.15) is 0 Å². The third-order valence-corrected chi connectivity index (χ3v) is 5.31. The van der Waals surface area contributed by atoms with Crippen LogP contribution in [0.4, 0.5) is 0 Å². The molecule has 0 aliphatic heterocycles. The van der Waals surface area contributed by atoms with E-state index in [2.05, 4.69) is 32.9 Å². The van der Waals surface area contributed by atoms with Crippen molar-refractivity contribution in [1.29, 1.82) is 0 Å². The van der Waals surface area contributed by atoms with Crippen molar-refractivity contribution in [2.45, 2.75) is 136 Å². The lowest BCUT2D eigenvalue weighted by molar-refractivity contribution is 0.378. The van der Waals surface area contributed by atoms with Gasteiger partial charge in [-0.25, -0.2) is 0 Å². The first-order valence-electron chi connectivity index (χ1n) is 11.5. The van der Waals surface area contributed by atoms with Crippen molar-refractivity contribution < 1.29 is 0 Å². The minimum absolute atomic E-state index is 1.01. The molecule has 0 aromatic heterocycles. The Morgan fingerprint density at radius 3 is 1.46 bits per heavy atom. The van der Waals surface area contributed by atoms with E-state index in [0.717, 1.165) is 5.92 Å². The zero-order valence-electron chi connectivity index (χ0n) is 17.5. The molecule has 0 aromatic rings. The Morgan fingerprint density at radius 2 is 0.875 bits per heavy atom. The van der Waals surface area contributed by atoms with Crippen molar-refractivity contribution in [2.75, 3.05) is 0 Å². The molecule has 144 valence electrons. The van der Waals surface area contributed by atoms with E-state index < -0.39 is 0 Å². The summed E-state index contributed by atoms with van der Waals surface area (Å²) in [4.78, 5) is 0. The Hall–Kier alpha value is -0.260. The van der Waals surface area contributed by atoms with Crippen LogP contribution < -0.4 is 0 Å². The van der Waals surface area contributed by atoms with Crippen LogP contribution in [0.1, 0.15) is 136 Å². The molecule has 0 heteroatoms. The molecule has 0 fully saturated rings. The van der Waals surface area contributed by atoms with E-state index in [1.165, 1.54) is 116 Å². The molecule has 0 atom stereocenters. The third-order valence-electron chi connectivity index (χ3n) is 5.31. The Labute approximate surface area is 154 Å². The predicted molar refractivity (Wildman–Crippen MR) is 113 cm³/mol. The number of rotatable bonds is 19. The lowest BCUT2D eigenvalue weighted by Gasteiger charge is -2.16. The topological polar surface area (TPSA) is 0 Å². The van der Waals surface area contributed by atoms with Crippen molar-refractivity contribution in [2.24, 2.45) is 5.92 Å². The van der Waals surface area contributed by atoms with Gasteiger partial charge in [0.1, 0.15) is 0 Å². The maximum Gasteiger partial charge on any atom is -0.0351 e. The van der Waals surface area contributed by atoms with Gasteiger partial charge < -0.3 is 0 Å². The van der Waals surface area contributed by atoms with E-state index in [4.69, 9.17) is 0 Å². The highest BCUT2D eigenvalue weighted by Crippen LogP contribution is 2.23. The summed E-state index contributed by atoms with van der Waals surface area (Å²) >= 11 is 0. The Balaban J connectivity index is 3.59. The van der Waals surface area contributed by atoms with E-state index >= 15 is 0 Å². The van der Waals surface area contributed by atoms with E-state index in [-0.39, 0.29) is 0 Å². The molecule has 0 unspecified atom stereocenters. The fraction of sp³-hybridized carbons (Fsp3) is 0.917. The van der Waals surface area contributed by atoms with Gasteiger partial charge in [-0.05, 0) is 31.6 Å². The highest BCUT2D eigenvalue weighted by molar-refractivity contribution is 4.81. The van der Waals surface area contributed by atoms with Crippen LogP contribution in [-0.2, 0) is 0 Å². The molecule has 0 nitrogen and oxygen atoms in total. The molecule has 0 amide bonds. The minimum Gasteiger partial charge on any atom is -0.0885 e. The van der Waals surface area contributed by atoms with Crippen LogP contribution in [0, 0.1) is 5.92 Å². The standard InChI is InChI=1S/C24H48/c1-4-7-10-11-12-13-14-15-16-17-20-23-24(21-18-8-5-2)22-19-9-6-3/h15-16,24H,4-14,17-23H2,1-3H3. The fourth-order valence-corrected chi connectivity index (χ4v) is 3.60. The van der Waals surface area contributed by atoms with Gasteiger partial charge >= 0.3 is 0 Å². The summed E-state index contributed by atoms with van der Waals surface area (Å²) in [5.41, 5.74) is 0. The van der Waals surface area contributed by atoms with Crippen LogP contribution in [0.15, 0.2) is 12.2 Å². The van der Waals surface area contributed by atoms with Gasteiger partial charge in [0.25, 0.3) is 0 Å². The monoisotopic (exact) mass is 336 g/mol. The SMILES string of the molecule is CCCCCCCCC=CCCCC(CCCCC)CCCCC. The van der Waals surface area contributed by atoms with Crippen LogP contribution in [0.3, 0.4) is 0 Å². The van der Waals surface area contributed by atoms with Gasteiger partial charge in [-0.3, -0.25) is 0 Å². The molecule has 0 aliphatic carbocycles. The normalized spacial score (nSPS) is 11.8. The number of hydrogen-bond donors (Lipinski definition) is 0. The first-order chi connectivity index (χ1) is 11.8. The molecule has 0 bridgehead atoms. The highest BCUT2D eigenvalue weighted by atomic mass is 14.1. The predicted octanol–water partition coefficient (Wildman–Crippen LogP) is 9.24. The second-order valence-electron chi connectivity index (χ2n) is 7.82. The smallest absolute Gasteiger partial charge is 0.0351 e. The largest absolute Gasteiger partial charge is 0.0885 e. The molecule has 0 rings (SSSR count). The third kappa shape index (κ3) is 18.1. The van der Waals surface area contributed by atoms with Crippen molar-refractivity contribution in [1.82, 2.24) is 0 Å². The van der Waals surface area contributed by atoms with E-state index in [1.807, 2.05) is 0 Å². The summed E-state index contributed by atoms with van der Waals surface area (Å²) in [6.07, 6.45) is 30.4. The molecule has 0 aromatic carbocycles. The Kier molecular flexibility index (Phi) is 20.6. The Morgan fingerprint density at radius 1 is 0.458 bits per heavy atom. The van der Waals surface area contributed by atoms with Crippen LogP contribution in [0.5, 0.6) is 0 Å². The molecule has 0 saturated heterocycles. The second-order valence-corrected chi connectivity index (χ2v) is 7.82. The summed E-state index contributed by atoms with van der Waals surface area (Å²) < 4.78 is 0. The van der Waals surface area contributed by atoms with E-state index in [0.29, 0.717) is 0 Å². The molecule has 0 radical (unpaired) electrons. The average Bonchev–Trinajstić information content (AvgIpc) is 2.59. The van der Waals surface area contributed by atoms with Crippen LogP contribution >= 0.6 is 0 Å². The maximum atomic E-state index is 2.46. The summed E-state index contributed by atoms with van der Waals surface area (Å²) in [5, 5.41) is 0. The second kappa shape index (κ2) is 20.8. The molecule has 24 heavy (non-hydrogen) atoms. The fourth-order valence-electron chi connectivity index (χ4n) is 3.60. The molecule has 0 spiro atoms. The molecule has 0 heterocycles. The van der Waals surface area contributed by atoms with Crippen LogP contribution in [-0.4, -0.2) is 0 Å². The lowest BCUT2D eigenvalue weighted by Crippen LogP contribution is -2.01. The van der Waals surface area contributed by atoms with Gasteiger partial charge in [-0.1, -0.05) is 123 Å². The van der Waals surface area contributed by atoms with E-state index in [9.17, 15) is 0 Å². The van der Waals surface area contributed by atoms with Gasteiger partial charge in [0.2, 0.25) is 0 Å². The van der Waals surface area contributed by atoms with Crippen molar-refractivity contribution in [3.63, 3.8) is 0 Å². The van der Waals surface area contributed by atoms with Crippen molar-refractivity contribution >= 4 is 0 Å². The van der Waals surface area contributed by atoms with E-state index in [1.54, 1.807) is 0 Å². The van der Waals surface area contributed by atoms with Crippen molar-refractivity contribution in [3.8, 4) is 0 Å².